The van der Waals surface area contributed by atoms with Crippen LogP contribution in [-0.2, 0) is 15.8 Å². The summed E-state index contributed by atoms with van der Waals surface area (Å²) in [5, 5.41) is 0.594. The number of nitrogen functional groups attached to an aromatic ring is 1. The fourth-order valence-corrected chi connectivity index (χ4v) is 4.19. The first-order valence-corrected chi connectivity index (χ1v) is 12.4. The first-order valence-electron chi connectivity index (χ1n) is 9.81. The number of benzene rings is 1. The molecule has 31 heavy (non-hydrogen) atoms. The summed E-state index contributed by atoms with van der Waals surface area (Å²) >= 11 is 1.40. The van der Waals surface area contributed by atoms with Gasteiger partial charge in [-0.05, 0) is 25.5 Å². The van der Waals surface area contributed by atoms with E-state index in [0.29, 0.717) is 29.3 Å². The number of imidazole rings is 1. The van der Waals surface area contributed by atoms with Crippen molar-refractivity contribution in [2.75, 3.05) is 18.7 Å². The molecule has 2 heterocycles. The topological polar surface area (TPSA) is 146 Å². The van der Waals surface area contributed by atoms with Crippen molar-refractivity contribution in [2.45, 2.75) is 49.3 Å². The summed E-state index contributed by atoms with van der Waals surface area (Å²) in [6.07, 6.45) is 2.49. The zero-order valence-electron chi connectivity index (χ0n) is 17.3. The van der Waals surface area contributed by atoms with Gasteiger partial charge in [-0.15, -0.1) is 0 Å². The minimum Gasteiger partial charge on any atom is -0.492 e. The summed E-state index contributed by atoms with van der Waals surface area (Å²) < 4.78 is 23.9. The normalized spacial score (nSPS) is 12.9. The third-order valence-corrected chi connectivity index (χ3v) is 5.76. The number of hydrogen-bond acceptors (Lipinski definition) is 8. The molecular weight excluding hydrogens is 441 g/mol. The highest BCUT2D eigenvalue weighted by Gasteiger charge is 2.19. The summed E-state index contributed by atoms with van der Waals surface area (Å²) in [7, 11) is -4.24. The third kappa shape index (κ3) is 6.65. The van der Waals surface area contributed by atoms with Crippen LogP contribution in [0.25, 0.3) is 11.2 Å². The number of para-hydroxylation sites is 1. The molecule has 1 unspecified atom stereocenters. The van der Waals surface area contributed by atoms with Crippen LogP contribution < -0.4 is 10.5 Å². The predicted molar refractivity (Wildman–Crippen MR) is 118 cm³/mol. The zero-order chi connectivity index (χ0) is 22.4. The minimum absolute atomic E-state index is 0.102. The van der Waals surface area contributed by atoms with Gasteiger partial charge in [0.15, 0.2) is 5.65 Å². The van der Waals surface area contributed by atoms with Gasteiger partial charge in [0.1, 0.15) is 22.6 Å². The van der Waals surface area contributed by atoms with E-state index in [1.54, 1.807) is 17.8 Å². The summed E-state index contributed by atoms with van der Waals surface area (Å²) in [4.78, 5) is 32.0. The van der Waals surface area contributed by atoms with Crippen LogP contribution in [0, 0.1) is 0 Å². The number of rotatable bonds is 11. The molecule has 12 heteroatoms. The molecule has 3 rings (SSSR count). The summed E-state index contributed by atoms with van der Waals surface area (Å²) in [6, 6.07) is 7.71. The maximum Gasteiger partial charge on any atom is 0.350 e. The molecule has 0 spiro atoms. The van der Waals surface area contributed by atoms with Crippen LogP contribution in [0.4, 0.5) is 5.95 Å². The first-order chi connectivity index (χ1) is 14.8. The van der Waals surface area contributed by atoms with Crippen LogP contribution in [0.15, 0.2) is 40.5 Å². The van der Waals surface area contributed by atoms with Crippen molar-refractivity contribution in [2.24, 2.45) is 0 Å². The smallest absolute Gasteiger partial charge is 0.350 e. The molecule has 10 nitrogen and oxygen atoms in total. The second-order valence-electron chi connectivity index (χ2n) is 6.98. The molecule has 1 aromatic carbocycles. The molecular formula is C19H26N5O5PS. The number of nitrogens with zero attached hydrogens (tertiary/aromatic N) is 4. The van der Waals surface area contributed by atoms with E-state index in [4.69, 9.17) is 25.0 Å². The Hall–Kier alpha value is -2.17. The van der Waals surface area contributed by atoms with E-state index >= 15 is 0 Å². The Morgan fingerprint density at radius 1 is 1.29 bits per heavy atom. The Morgan fingerprint density at radius 2 is 2.06 bits per heavy atom. The quantitative estimate of drug-likeness (QED) is 0.218. The van der Waals surface area contributed by atoms with Gasteiger partial charge in [0, 0.05) is 0 Å². The number of aromatic nitrogens is 4. The van der Waals surface area contributed by atoms with Crippen LogP contribution in [0.3, 0.4) is 0 Å². The van der Waals surface area contributed by atoms with Crippen molar-refractivity contribution >= 4 is 36.5 Å². The van der Waals surface area contributed by atoms with E-state index in [9.17, 15) is 4.57 Å². The molecule has 1 atom stereocenters. The largest absolute Gasteiger partial charge is 0.492 e. The predicted octanol–water partition coefficient (Wildman–Crippen LogP) is 3.28. The molecule has 0 fully saturated rings. The zero-order valence-corrected chi connectivity index (χ0v) is 19.1. The van der Waals surface area contributed by atoms with Crippen molar-refractivity contribution in [1.29, 1.82) is 0 Å². The Morgan fingerprint density at radius 3 is 2.81 bits per heavy atom. The van der Waals surface area contributed by atoms with Gasteiger partial charge in [-0.2, -0.15) is 4.98 Å². The average molecular weight is 467 g/mol. The molecule has 0 saturated carbocycles. The molecule has 0 aliphatic heterocycles. The molecule has 0 aliphatic carbocycles. The standard InChI is InChI=1S/C19H26N5O5PS/c1-3-4-9-28-14-7-5-6-8-15(14)31-18-16-17(22-19(20)23-18)24(11-21-16)10-13(2)29-12-30(25,26)27/h5-8,11,13H,3-4,9-10,12H2,1-2H3,(H2,20,22,23)(H2,25,26,27). The lowest BCUT2D eigenvalue weighted by molar-refractivity contribution is 0.0764. The van der Waals surface area contributed by atoms with E-state index in [0.717, 1.165) is 23.5 Å². The molecule has 0 bridgehead atoms. The number of ether oxygens (including phenoxy) is 2. The van der Waals surface area contributed by atoms with Gasteiger partial charge in [0.2, 0.25) is 5.95 Å². The number of unbranched alkanes of at least 4 members (excludes halogenated alkanes) is 1. The van der Waals surface area contributed by atoms with Gasteiger partial charge >= 0.3 is 7.60 Å². The first kappa shape index (κ1) is 23.5. The Kier molecular flexibility index (Phi) is 7.90. The van der Waals surface area contributed by atoms with Gasteiger partial charge in [-0.3, -0.25) is 4.57 Å². The summed E-state index contributed by atoms with van der Waals surface area (Å²) in [5.74, 6) is 0.870. The molecule has 0 saturated heterocycles. The molecule has 4 N–H and O–H groups in total. The van der Waals surface area contributed by atoms with E-state index in [1.165, 1.54) is 11.8 Å². The maximum atomic E-state index is 11.0. The Bertz CT molecular complexity index is 1070. The lowest BCUT2D eigenvalue weighted by atomic mass is 10.3. The Labute approximate surface area is 184 Å². The summed E-state index contributed by atoms with van der Waals surface area (Å²) in [5.41, 5.74) is 7.04. The highest BCUT2D eigenvalue weighted by atomic mass is 32.2. The molecule has 0 aliphatic rings. The van der Waals surface area contributed by atoms with E-state index in [-0.39, 0.29) is 5.95 Å². The van der Waals surface area contributed by atoms with Crippen LogP contribution in [0.5, 0.6) is 5.75 Å². The average Bonchev–Trinajstić information content (AvgIpc) is 3.10. The highest BCUT2D eigenvalue weighted by Crippen LogP contribution is 2.37. The van der Waals surface area contributed by atoms with E-state index < -0.39 is 20.0 Å². The van der Waals surface area contributed by atoms with Crippen LogP contribution in [-0.4, -0.2) is 48.4 Å². The molecule has 0 radical (unpaired) electrons. The van der Waals surface area contributed by atoms with Gasteiger partial charge in [0.05, 0.1) is 30.5 Å². The molecule has 2 aromatic heterocycles. The lowest BCUT2D eigenvalue weighted by Gasteiger charge is -2.14. The van der Waals surface area contributed by atoms with Gasteiger partial charge in [-0.1, -0.05) is 37.2 Å². The highest BCUT2D eigenvalue weighted by molar-refractivity contribution is 7.99. The van der Waals surface area contributed by atoms with E-state index in [2.05, 4.69) is 21.9 Å². The maximum absolute atomic E-state index is 11.0. The van der Waals surface area contributed by atoms with Gasteiger partial charge < -0.3 is 29.6 Å². The second kappa shape index (κ2) is 10.4. The second-order valence-corrected chi connectivity index (χ2v) is 9.60. The van der Waals surface area contributed by atoms with E-state index in [1.807, 2.05) is 24.3 Å². The third-order valence-electron chi connectivity index (χ3n) is 4.24. The van der Waals surface area contributed by atoms with Crippen LogP contribution in [0.1, 0.15) is 26.7 Å². The molecule has 168 valence electrons. The molecule has 0 amide bonds. The number of fused-ring (bicyclic) bond motifs is 1. The Balaban J connectivity index is 1.83. The van der Waals surface area contributed by atoms with Crippen molar-refractivity contribution in [3.8, 4) is 5.75 Å². The van der Waals surface area contributed by atoms with Gasteiger partial charge in [0.25, 0.3) is 0 Å². The summed E-state index contributed by atoms with van der Waals surface area (Å²) in [6.45, 7) is 4.76. The minimum atomic E-state index is -4.24. The van der Waals surface area contributed by atoms with Crippen molar-refractivity contribution in [3.05, 3.63) is 30.6 Å². The van der Waals surface area contributed by atoms with Gasteiger partial charge in [-0.25, -0.2) is 9.97 Å². The fourth-order valence-electron chi connectivity index (χ4n) is 2.78. The fraction of sp³-hybridized carbons (Fsp3) is 0.421. The lowest BCUT2D eigenvalue weighted by Crippen LogP contribution is -2.17. The number of anilines is 1. The van der Waals surface area contributed by atoms with Crippen molar-refractivity contribution in [3.63, 3.8) is 0 Å². The SMILES string of the molecule is CCCCOc1ccccc1Sc1nc(N)nc2c1ncn2CC(C)OCP(=O)(O)O. The van der Waals surface area contributed by atoms with Crippen LogP contribution in [0.2, 0.25) is 0 Å². The monoisotopic (exact) mass is 467 g/mol. The van der Waals surface area contributed by atoms with Crippen molar-refractivity contribution < 1.29 is 23.8 Å². The molecule has 3 aromatic rings. The van der Waals surface area contributed by atoms with Crippen LogP contribution >= 0.6 is 19.4 Å². The van der Waals surface area contributed by atoms with Crippen molar-refractivity contribution in [1.82, 2.24) is 19.5 Å². The number of hydrogen-bond donors (Lipinski definition) is 3. The number of nitrogens with two attached hydrogens (primary N) is 1.